The molecule has 1 heterocycles. The van der Waals surface area contributed by atoms with E-state index in [0.29, 0.717) is 12.0 Å². The van der Waals surface area contributed by atoms with Crippen LogP contribution in [0.1, 0.15) is 153 Å². The van der Waals surface area contributed by atoms with Gasteiger partial charge in [0.1, 0.15) is 0 Å². The largest absolute Gasteiger partial charge is 0.330 e. The van der Waals surface area contributed by atoms with E-state index in [4.69, 9.17) is 0 Å². The van der Waals surface area contributed by atoms with Gasteiger partial charge in [-0.15, -0.1) is 0 Å². The molecule has 0 aliphatic carbocycles. The van der Waals surface area contributed by atoms with Gasteiger partial charge in [0.25, 0.3) is 0 Å². The molecule has 2 nitrogen and oxygen atoms in total. The Labute approximate surface area is 205 Å². The van der Waals surface area contributed by atoms with Crippen molar-refractivity contribution in [2.45, 2.75) is 142 Å². The third-order valence-electron chi connectivity index (χ3n) is 7.36. The summed E-state index contributed by atoms with van der Waals surface area (Å²) in [7, 11) is 0. The number of aromatic nitrogens is 2. The van der Waals surface area contributed by atoms with E-state index in [2.05, 4.69) is 60.8 Å². The number of imidazole rings is 1. The zero-order valence-corrected chi connectivity index (χ0v) is 22.1. The number of hydrogen-bond acceptors (Lipinski definition) is 1. The molecule has 2 aromatic rings. The van der Waals surface area contributed by atoms with Crippen LogP contribution >= 0.6 is 0 Å². The lowest BCUT2D eigenvalue weighted by molar-refractivity contribution is 0.491. The molecule has 0 fully saturated rings. The maximum absolute atomic E-state index is 4.31. The summed E-state index contributed by atoms with van der Waals surface area (Å²) in [6.45, 7) is 6.93. The Bertz CT molecular complexity index is 691. The summed E-state index contributed by atoms with van der Waals surface area (Å²) in [6.07, 6.45) is 29.6. The quantitative estimate of drug-likeness (QED) is 0.183. The van der Waals surface area contributed by atoms with Gasteiger partial charge in [0, 0.05) is 12.4 Å². The molecule has 0 radical (unpaired) electrons. The van der Waals surface area contributed by atoms with Gasteiger partial charge in [0.05, 0.1) is 12.4 Å². The predicted octanol–water partition coefficient (Wildman–Crippen LogP) is 10.2. The van der Waals surface area contributed by atoms with Gasteiger partial charge in [0.15, 0.2) is 0 Å². The lowest BCUT2D eigenvalue weighted by atomic mass is 9.84. The molecule has 0 aliphatic rings. The first kappa shape index (κ1) is 27.7. The van der Waals surface area contributed by atoms with Crippen LogP contribution < -0.4 is 0 Å². The Kier molecular flexibility index (Phi) is 15.0. The van der Waals surface area contributed by atoms with Gasteiger partial charge in [-0.1, -0.05) is 135 Å². The molecule has 1 aromatic carbocycles. The molecule has 1 unspecified atom stereocenters. The van der Waals surface area contributed by atoms with Gasteiger partial charge in [-0.3, -0.25) is 0 Å². The van der Waals surface area contributed by atoms with Crippen LogP contribution in [0.5, 0.6) is 0 Å². The van der Waals surface area contributed by atoms with Gasteiger partial charge >= 0.3 is 0 Å². The number of nitrogens with zero attached hydrogens (tertiary/aromatic N) is 2. The number of hydrogen-bond donors (Lipinski definition) is 0. The maximum Gasteiger partial charge on any atom is 0.0951 e. The molecule has 2 rings (SSSR count). The van der Waals surface area contributed by atoms with Crippen LogP contribution in [-0.2, 0) is 0 Å². The molecular formula is C31H52N2. The molecule has 2 heteroatoms. The van der Waals surface area contributed by atoms with Gasteiger partial charge in [0.2, 0.25) is 0 Å². The van der Waals surface area contributed by atoms with Crippen molar-refractivity contribution in [3.05, 3.63) is 54.1 Å². The minimum atomic E-state index is 0.398. The highest BCUT2D eigenvalue weighted by Crippen LogP contribution is 2.35. The van der Waals surface area contributed by atoms with E-state index in [1.807, 2.05) is 12.5 Å². The molecular weight excluding hydrogens is 400 g/mol. The fourth-order valence-corrected chi connectivity index (χ4v) is 5.44. The van der Waals surface area contributed by atoms with E-state index in [1.54, 1.807) is 5.56 Å². The second-order valence-corrected chi connectivity index (χ2v) is 10.1. The highest BCUT2D eigenvalue weighted by atomic mass is 15.0. The van der Waals surface area contributed by atoms with Crippen molar-refractivity contribution < 1.29 is 0 Å². The minimum absolute atomic E-state index is 0.398. The lowest BCUT2D eigenvalue weighted by Gasteiger charge is -2.25. The molecule has 0 N–H and O–H groups in total. The average Bonchev–Trinajstić information content (AvgIpc) is 3.37. The highest BCUT2D eigenvalue weighted by molar-refractivity contribution is 5.33. The van der Waals surface area contributed by atoms with Gasteiger partial charge in [-0.25, -0.2) is 4.98 Å². The molecule has 0 saturated heterocycles. The van der Waals surface area contributed by atoms with E-state index in [9.17, 15) is 0 Å². The van der Waals surface area contributed by atoms with Crippen molar-refractivity contribution in [2.75, 3.05) is 0 Å². The first-order valence-electron chi connectivity index (χ1n) is 14.4. The van der Waals surface area contributed by atoms with Crippen molar-refractivity contribution in [2.24, 2.45) is 0 Å². The van der Waals surface area contributed by atoms with Crippen LogP contribution in [-0.4, -0.2) is 9.55 Å². The van der Waals surface area contributed by atoms with Gasteiger partial charge in [-0.05, 0) is 36.3 Å². The number of rotatable bonds is 20. The lowest BCUT2D eigenvalue weighted by Crippen LogP contribution is -2.12. The fourth-order valence-electron chi connectivity index (χ4n) is 5.44. The van der Waals surface area contributed by atoms with Crippen LogP contribution in [0.2, 0.25) is 0 Å². The topological polar surface area (TPSA) is 17.8 Å². The monoisotopic (exact) mass is 452 g/mol. The molecule has 33 heavy (non-hydrogen) atoms. The highest BCUT2D eigenvalue weighted by Gasteiger charge is 2.20. The van der Waals surface area contributed by atoms with Crippen LogP contribution in [0.15, 0.2) is 43.0 Å². The Balaban J connectivity index is 1.72. The normalized spacial score (nSPS) is 13.3. The first-order chi connectivity index (χ1) is 16.3. The van der Waals surface area contributed by atoms with E-state index in [0.717, 1.165) is 6.42 Å². The molecule has 2 atom stereocenters. The summed E-state index contributed by atoms with van der Waals surface area (Å²) < 4.78 is 2.28. The Morgan fingerprint density at radius 1 is 0.667 bits per heavy atom. The summed E-state index contributed by atoms with van der Waals surface area (Å²) in [6, 6.07) is 9.61. The molecule has 0 bridgehead atoms. The van der Waals surface area contributed by atoms with Crippen LogP contribution in [0, 0.1) is 0 Å². The zero-order valence-electron chi connectivity index (χ0n) is 22.1. The van der Waals surface area contributed by atoms with Crippen LogP contribution in [0.3, 0.4) is 0 Å². The van der Waals surface area contributed by atoms with E-state index < -0.39 is 0 Å². The zero-order chi connectivity index (χ0) is 23.6. The summed E-state index contributed by atoms with van der Waals surface area (Å²) in [5.74, 6) is 0.691. The molecule has 1 aromatic heterocycles. The van der Waals surface area contributed by atoms with Crippen molar-refractivity contribution in [1.29, 1.82) is 0 Å². The molecule has 0 spiro atoms. The maximum atomic E-state index is 4.31. The van der Waals surface area contributed by atoms with Crippen molar-refractivity contribution in [1.82, 2.24) is 9.55 Å². The van der Waals surface area contributed by atoms with Crippen molar-refractivity contribution in [3.8, 4) is 0 Å². The first-order valence-corrected chi connectivity index (χ1v) is 14.4. The Morgan fingerprint density at radius 3 is 1.76 bits per heavy atom. The van der Waals surface area contributed by atoms with Crippen LogP contribution in [0.4, 0.5) is 0 Å². The fraction of sp³-hybridized carbons (Fsp3) is 0.710. The van der Waals surface area contributed by atoms with E-state index in [1.165, 1.54) is 108 Å². The standard InChI is InChI=1S/C31H52N2/c1-4-7-8-9-10-11-12-13-14-15-16-17-18-22-28(21-5-2)29-23-19-20-24-30(29)31(6-3)33-26-25-32-27-33/h19-20,23-28,31H,4-18,21-22H2,1-3H3/t28-,31?/m0/s1. The summed E-state index contributed by atoms with van der Waals surface area (Å²) in [5, 5.41) is 0. The third kappa shape index (κ3) is 10.5. The number of unbranched alkanes of at least 4 members (excludes halogenated alkanes) is 12. The van der Waals surface area contributed by atoms with Crippen molar-refractivity contribution in [3.63, 3.8) is 0 Å². The molecule has 0 saturated carbocycles. The molecule has 0 aliphatic heterocycles. The van der Waals surface area contributed by atoms with Gasteiger partial charge in [-0.2, -0.15) is 0 Å². The van der Waals surface area contributed by atoms with E-state index in [-0.39, 0.29) is 0 Å². The van der Waals surface area contributed by atoms with Crippen LogP contribution in [0.25, 0.3) is 0 Å². The average molecular weight is 453 g/mol. The SMILES string of the molecule is CCCCCCCCCCCCCCC[C@H](CCC)c1ccccc1C(CC)n1ccnc1. The molecule has 0 amide bonds. The second-order valence-electron chi connectivity index (χ2n) is 10.1. The summed E-state index contributed by atoms with van der Waals surface area (Å²) >= 11 is 0. The Hall–Kier alpha value is -1.57. The smallest absolute Gasteiger partial charge is 0.0951 e. The van der Waals surface area contributed by atoms with Crippen molar-refractivity contribution >= 4 is 0 Å². The minimum Gasteiger partial charge on any atom is -0.330 e. The summed E-state index contributed by atoms with van der Waals surface area (Å²) in [4.78, 5) is 4.31. The number of benzene rings is 1. The van der Waals surface area contributed by atoms with Gasteiger partial charge < -0.3 is 4.57 Å². The Morgan fingerprint density at radius 2 is 1.24 bits per heavy atom. The third-order valence-corrected chi connectivity index (χ3v) is 7.36. The second kappa shape index (κ2) is 17.8. The summed E-state index contributed by atoms with van der Waals surface area (Å²) in [5.41, 5.74) is 3.09. The molecule has 186 valence electrons. The predicted molar refractivity (Wildman–Crippen MR) is 145 cm³/mol. The van der Waals surface area contributed by atoms with E-state index >= 15 is 0 Å².